The van der Waals surface area contributed by atoms with Gasteiger partial charge in [0.15, 0.2) is 0 Å². The van der Waals surface area contributed by atoms with Crippen LogP contribution in [-0.2, 0) is 22.7 Å². The molecule has 3 heterocycles. The van der Waals surface area contributed by atoms with Crippen molar-refractivity contribution >= 4 is 17.5 Å². The number of hydrogen-bond acceptors (Lipinski definition) is 6. The van der Waals surface area contributed by atoms with Crippen molar-refractivity contribution < 1.29 is 19.1 Å². The number of aliphatic hydroxyl groups excluding tert-OH is 1. The lowest BCUT2D eigenvalue weighted by atomic mass is 10.0. The van der Waals surface area contributed by atoms with E-state index in [0.717, 1.165) is 24.4 Å². The Morgan fingerprint density at radius 3 is 2.77 bits per heavy atom. The second kappa shape index (κ2) is 9.42. The zero-order chi connectivity index (χ0) is 20.9. The third kappa shape index (κ3) is 4.89. The SMILES string of the molecule is O=C(CCC1CNC(=O)C2CC(NCc3ccc(CO)o3)CN12)Nc1ccccc1. The van der Waals surface area contributed by atoms with Crippen LogP contribution >= 0.6 is 0 Å². The third-order valence-electron chi connectivity index (χ3n) is 5.82. The van der Waals surface area contributed by atoms with Crippen LogP contribution in [0.15, 0.2) is 46.9 Å². The summed E-state index contributed by atoms with van der Waals surface area (Å²) >= 11 is 0. The highest BCUT2D eigenvalue weighted by Crippen LogP contribution is 2.26. The molecular formula is C22H28N4O4. The molecule has 2 amide bonds. The van der Waals surface area contributed by atoms with Crippen molar-refractivity contribution in [3.05, 3.63) is 54.0 Å². The summed E-state index contributed by atoms with van der Waals surface area (Å²) in [5, 5.41) is 18.5. The molecule has 30 heavy (non-hydrogen) atoms. The van der Waals surface area contributed by atoms with E-state index >= 15 is 0 Å². The Hall–Kier alpha value is -2.68. The fraction of sp³-hybridized carbons (Fsp3) is 0.455. The zero-order valence-electron chi connectivity index (χ0n) is 16.8. The van der Waals surface area contributed by atoms with Crippen LogP contribution in [-0.4, -0.2) is 53.0 Å². The summed E-state index contributed by atoms with van der Waals surface area (Å²) in [5.74, 6) is 1.36. The number of aliphatic hydroxyl groups is 1. The Bertz CT molecular complexity index is 869. The number of benzene rings is 1. The van der Waals surface area contributed by atoms with Crippen LogP contribution < -0.4 is 16.0 Å². The molecule has 3 unspecified atom stereocenters. The molecular weight excluding hydrogens is 384 g/mol. The van der Waals surface area contributed by atoms with Gasteiger partial charge >= 0.3 is 0 Å². The molecule has 8 nitrogen and oxygen atoms in total. The number of para-hydroxylation sites is 1. The fourth-order valence-electron chi connectivity index (χ4n) is 4.28. The molecule has 0 bridgehead atoms. The molecule has 2 aliphatic rings. The lowest BCUT2D eigenvalue weighted by Gasteiger charge is -2.37. The van der Waals surface area contributed by atoms with E-state index in [1.807, 2.05) is 36.4 Å². The quantitative estimate of drug-likeness (QED) is 0.520. The van der Waals surface area contributed by atoms with Gasteiger partial charge in [-0.25, -0.2) is 0 Å². The van der Waals surface area contributed by atoms with E-state index in [1.54, 1.807) is 6.07 Å². The van der Waals surface area contributed by atoms with Crippen molar-refractivity contribution in [1.82, 2.24) is 15.5 Å². The summed E-state index contributed by atoms with van der Waals surface area (Å²) in [6, 6.07) is 13.2. The van der Waals surface area contributed by atoms with Crippen LogP contribution in [0.3, 0.4) is 0 Å². The molecule has 2 saturated heterocycles. The minimum Gasteiger partial charge on any atom is -0.462 e. The molecule has 3 atom stereocenters. The van der Waals surface area contributed by atoms with Crippen molar-refractivity contribution in [2.45, 2.75) is 50.5 Å². The summed E-state index contributed by atoms with van der Waals surface area (Å²) in [6.07, 6.45) is 1.83. The molecule has 0 radical (unpaired) electrons. The van der Waals surface area contributed by atoms with E-state index in [-0.39, 0.29) is 36.5 Å². The molecule has 4 rings (SSSR count). The molecule has 0 spiro atoms. The average molecular weight is 412 g/mol. The van der Waals surface area contributed by atoms with Crippen LogP contribution in [0.25, 0.3) is 0 Å². The Morgan fingerprint density at radius 2 is 2.00 bits per heavy atom. The number of rotatable bonds is 8. The van der Waals surface area contributed by atoms with Gasteiger partial charge in [0.2, 0.25) is 11.8 Å². The van der Waals surface area contributed by atoms with Crippen LogP contribution in [0.5, 0.6) is 0 Å². The van der Waals surface area contributed by atoms with E-state index in [0.29, 0.717) is 31.7 Å². The first kappa shape index (κ1) is 20.6. The van der Waals surface area contributed by atoms with Crippen molar-refractivity contribution in [1.29, 1.82) is 0 Å². The van der Waals surface area contributed by atoms with E-state index in [1.165, 1.54) is 0 Å². The molecule has 4 N–H and O–H groups in total. The largest absolute Gasteiger partial charge is 0.462 e. The summed E-state index contributed by atoms with van der Waals surface area (Å²) < 4.78 is 5.52. The molecule has 2 fully saturated rings. The van der Waals surface area contributed by atoms with Gasteiger partial charge in [-0.3, -0.25) is 14.5 Å². The molecule has 8 heteroatoms. The first-order chi connectivity index (χ1) is 14.6. The Labute approximate surface area is 175 Å². The van der Waals surface area contributed by atoms with Gasteiger partial charge in [-0.05, 0) is 37.1 Å². The van der Waals surface area contributed by atoms with Gasteiger partial charge in [0.25, 0.3) is 0 Å². The molecule has 1 aromatic carbocycles. The second-order valence-corrected chi connectivity index (χ2v) is 7.90. The maximum atomic E-state index is 12.4. The van der Waals surface area contributed by atoms with Crippen molar-refractivity contribution in [2.24, 2.45) is 0 Å². The van der Waals surface area contributed by atoms with Gasteiger partial charge < -0.3 is 25.5 Å². The van der Waals surface area contributed by atoms with E-state index in [9.17, 15) is 9.59 Å². The minimum atomic E-state index is -0.164. The summed E-state index contributed by atoms with van der Waals surface area (Å²) in [6.45, 7) is 1.77. The number of anilines is 1. The van der Waals surface area contributed by atoms with Crippen molar-refractivity contribution in [2.75, 3.05) is 18.4 Å². The van der Waals surface area contributed by atoms with E-state index in [2.05, 4.69) is 20.9 Å². The minimum absolute atomic E-state index is 0.0129. The highest BCUT2D eigenvalue weighted by atomic mass is 16.4. The first-order valence-electron chi connectivity index (χ1n) is 10.4. The van der Waals surface area contributed by atoms with Gasteiger partial charge in [0.1, 0.15) is 18.1 Å². The summed E-state index contributed by atoms with van der Waals surface area (Å²) in [4.78, 5) is 26.9. The lowest BCUT2D eigenvalue weighted by molar-refractivity contribution is -0.129. The van der Waals surface area contributed by atoms with Crippen molar-refractivity contribution in [3.63, 3.8) is 0 Å². The first-order valence-corrected chi connectivity index (χ1v) is 10.4. The van der Waals surface area contributed by atoms with Crippen LogP contribution in [0.4, 0.5) is 5.69 Å². The van der Waals surface area contributed by atoms with Gasteiger partial charge in [-0.1, -0.05) is 18.2 Å². The highest BCUT2D eigenvalue weighted by Gasteiger charge is 2.43. The molecule has 1 aromatic heterocycles. The monoisotopic (exact) mass is 412 g/mol. The Morgan fingerprint density at radius 1 is 1.20 bits per heavy atom. The maximum absolute atomic E-state index is 12.4. The molecule has 160 valence electrons. The number of piperazine rings is 1. The number of fused-ring (bicyclic) bond motifs is 1. The number of nitrogens with one attached hydrogen (secondary N) is 3. The van der Waals surface area contributed by atoms with E-state index in [4.69, 9.17) is 9.52 Å². The lowest BCUT2D eigenvalue weighted by Crippen LogP contribution is -2.57. The molecule has 2 aliphatic heterocycles. The van der Waals surface area contributed by atoms with E-state index < -0.39 is 0 Å². The van der Waals surface area contributed by atoms with Gasteiger partial charge in [0, 0.05) is 37.3 Å². The number of carbonyl (C=O) groups is 2. The maximum Gasteiger partial charge on any atom is 0.237 e. The Balaban J connectivity index is 1.29. The zero-order valence-corrected chi connectivity index (χ0v) is 16.8. The summed E-state index contributed by atoms with van der Waals surface area (Å²) in [7, 11) is 0. The highest BCUT2D eigenvalue weighted by molar-refractivity contribution is 5.90. The topological polar surface area (TPSA) is 107 Å². The normalized spacial score (nSPS) is 23.8. The van der Waals surface area contributed by atoms with Gasteiger partial charge in [0.05, 0.1) is 12.6 Å². The number of hydrogen-bond donors (Lipinski definition) is 4. The van der Waals surface area contributed by atoms with Crippen LogP contribution in [0.1, 0.15) is 30.8 Å². The third-order valence-corrected chi connectivity index (χ3v) is 5.82. The fourth-order valence-corrected chi connectivity index (χ4v) is 4.28. The Kier molecular flexibility index (Phi) is 6.47. The molecule has 0 aliphatic carbocycles. The molecule has 0 saturated carbocycles. The smallest absolute Gasteiger partial charge is 0.237 e. The predicted molar refractivity (Wildman–Crippen MR) is 111 cm³/mol. The number of carbonyl (C=O) groups excluding carboxylic acids is 2. The summed E-state index contributed by atoms with van der Waals surface area (Å²) in [5.41, 5.74) is 0.796. The second-order valence-electron chi connectivity index (χ2n) is 7.90. The average Bonchev–Trinajstić information content (AvgIpc) is 3.40. The number of furan rings is 1. The molecule has 2 aromatic rings. The van der Waals surface area contributed by atoms with Crippen LogP contribution in [0, 0.1) is 0 Å². The number of nitrogens with zero attached hydrogens (tertiary/aromatic N) is 1. The predicted octanol–water partition coefficient (Wildman–Crippen LogP) is 1.22. The van der Waals surface area contributed by atoms with Gasteiger partial charge in [-0.15, -0.1) is 0 Å². The standard InChI is InChI=1S/C22H28N4O4/c27-14-19-8-7-18(30-19)12-23-16-10-20-22(29)24-11-17(26(20)13-16)6-9-21(28)25-15-4-2-1-3-5-15/h1-5,7-8,16-17,20,23,27H,6,9-14H2,(H,24,29)(H,25,28). The van der Waals surface area contributed by atoms with Gasteiger partial charge in [-0.2, -0.15) is 0 Å². The van der Waals surface area contributed by atoms with Crippen molar-refractivity contribution in [3.8, 4) is 0 Å². The number of amides is 2. The van der Waals surface area contributed by atoms with Crippen LogP contribution in [0.2, 0.25) is 0 Å².